The predicted octanol–water partition coefficient (Wildman–Crippen LogP) is 0.381. The molecule has 0 radical (unpaired) electrons. The average molecular weight is 453 g/mol. The monoisotopic (exact) mass is 452 g/mol. The van der Waals surface area contributed by atoms with Crippen LogP contribution in [0.2, 0.25) is 0 Å². The molecule has 10 nitrogen and oxygen atoms in total. The summed E-state index contributed by atoms with van der Waals surface area (Å²) in [6.45, 7) is 4.09. The molecule has 11 heteroatoms. The Morgan fingerprint density at radius 3 is 2.55 bits per heavy atom. The van der Waals surface area contributed by atoms with E-state index in [1.54, 1.807) is 4.90 Å². The molecule has 3 amide bonds. The highest BCUT2D eigenvalue weighted by Gasteiger charge is 2.52. The van der Waals surface area contributed by atoms with Crippen LogP contribution in [0.25, 0.3) is 0 Å². The van der Waals surface area contributed by atoms with Crippen LogP contribution < -0.4 is 10.1 Å². The SMILES string of the molecule is CC1CC(CN2C(=O)N(CC#N)C(=O)C3CC(S(=O)(=O)NC4(C)CC4)CCC32)N(C)N1. The number of carbonyl (C=O) groups excluding carboxylic acids is 2. The summed E-state index contributed by atoms with van der Waals surface area (Å²) in [5.41, 5.74) is 2.95. The van der Waals surface area contributed by atoms with Crippen molar-refractivity contribution in [3.63, 3.8) is 0 Å². The number of fused-ring (bicyclic) bond motifs is 1. The number of sulfonamides is 1. The van der Waals surface area contributed by atoms with E-state index in [1.165, 1.54) is 0 Å². The lowest BCUT2D eigenvalue weighted by atomic mass is 9.80. The Labute approximate surface area is 183 Å². The van der Waals surface area contributed by atoms with Crippen LogP contribution in [0.5, 0.6) is 0 Å². The Morgan fingerprint density at radius 1 is 1.26 bits per heavy atom. The zero-order chi connectivity index (χ0) is 22.6. The standard InChI is InChI=1S/C20H32N6O4S/c1-13-10-14(24(3)22-13)12-26-17-5-4-15(31(29,30)23-20(2)6-7-20)11-16(17)18(27)25(9-8-21)19(26)28/h13-17,22-23H,4-7,9-12H2,1-3H3. The first-order valence-electron chi connectivity index (χ1n) is 11.1. The number of hydrogen-bond acceptors (Lipinski definition) is 7. The minimum atomic E-state index is -3.56. The summed E-state index contributed by atoms with van der Waals surface area (Å²) in [6, 6.07) is 1.52. The molecule has 31 heavy (non-hydrogen) atoms. The minimum absolute atomic E-state index is 0.0923. The van der Waals surface area contributed by atoms with Crippen LogP contribution in [0.15, 0.2) is 0 Å². The molecule has 2 aliphatic heterocycles. The summed E-state index contributed by atoms with van der Waals surface area (Å²) >= 11 is 0. The average Bonchev–Trinajstić information content (AvgIpc) is 3.32. The topological polar surface area (TPSA) is 126 Å². The summed E-state index contributed by atoms with van der Waals surface area (Å²) in [5.74, 6) is -1.03. The number of urea groups is 1. The van der Waals surface area contributed by atoms with E-state index >= 15 is 0 Å². The second-order valence-corrected chi connectivity index (χ2v) is 11.8. The van der Waals surface area contributed by atoms with Gasteiger partial charge in [-0.2, -0.15) is 5.26 Å². The molecule has 0 aromatic carbocycles. The van der Waals surface area contributed by atoms with E-state index in [4.69, 9.17) is 0 Å². The molecule has 4 rings (SSSR count). The van der Waals surface area contributed by atoms with Crippen LogP contribution in [0.1, 0.15) is 52.4 Å². The fraction of sp³-hybridized carbons (Fsp3) is 0.850. The zero-order valence-electron chi connectivity index (χ0n) is 18.4. The van der Waals surface area contributed by atoms with Crippen molar-refractivity contribution in [2.75, 3.05) is 20.1 Å². The van der Waals surface area contributed by atoms with Crippen LogP contribution in [0.3, 0.4) is 0 Å². The van der Waals surface area contributed by atoms with Gasteiger partial charge in [0.25, 0.3) is 0 Å². The number of nitrogens with zero attached hydrogens (tertiary/aromatic N) is 4. The molecular formula is C20H32N6O4S. The van der Waals surface area contributed by atoms with E-state index in [0.717, 1.165) is 24.2 Å². The lowest BCUT2D eigenvalue weighted by Crippen LogP contribution is -2.65. The van der Waals surface area contributed by atoms with Gasteiger partial charge >= 0.3 is 6.03 Å². The number of likely N-dealkylation sites (N-methyl/N-ethyl adjacent to an activating group) is 1. The second-order valence-electron chi connectivity index (χ2n) is 9.86. The summed E-state index contributed by atoms with van der Waals surface area (Å²) in [5, 5.41) is 10.5. The van der Waals surface area contributed by atoms with Gasteiger partial charge < -0.3 is 4.90 Å². The van der Waals surface area contributed by atoms with Crippen molar-refractivity contribution < 1.29 is 18.0 Å². The third kappa shape index (κ3) is 4.31. The first-order valence-corrected chi connectivity index (χ1v) is 12.6. The van der Waals surface area contributed by atoms with E-state index < -0.39 is 33.1 Å². The van der Waals surface area contributed by atoms with E-state index in [0.29, 0.717) is 25.4 Å². The van der Waals surface area contributed by atoms with Crippen LogP contribution in [0.4, 0.5) is 4.79 Å². The van der Waals surface area contributed by atoms with Crippen molar-refractivity contribution in [2.24, 2.45) is 5.92 Å². The highest BCUT2D eigenvalue weighted by atomic mass is 32.2. The number of nitriles is 1. The van der Waals surface area contributed by atoms with Crippen LogP contribution in [-0.2, 0) is 14.8 Å². The predicted molar refractivity (Wildman–Crippen MR) is 113 cm³/mol. The number of rotatable bonds is 6. The van der Waals surface area contributed by atoms with Crippen molar-refractivity contribution >= 4 is 22.0 Å². The fourth-order valence-corrected chi connectivity index (χ4v) is 7.23. The summed E-state index contributed by atoms with van der Waals surface area (Å²) in [7, 11) is -1.62. The van der Waals surface area contributed by atoms with Gasteiger partial charge in [-0.05, 0) is 52.4 Å². The zero-order valence-corrected chi connectivity index (χ0v) is 19.2. The Morgan fingerprint density at radius 2 is 1.97 bits per heavy atom. The van der Waals surface area contributed by atoms with Crippen LogP contribution in [-0.4, -0.2) is 84.2 Å². The number of hydrogen-bond donors (Lipinski definition) is 2. The van der Waals surface area contributed by atoms with Crippen molar-refractivity contribution in [1.82, 2.24) is 25.0 Å². The molecule has 0 bridgehead atoms. The fourth-order valence-electron chi connectivity index (χ4n) is 5.27. The summed E-state index contributed by atoms with van der Waals surface area (Å²) in [6.07, 6.45) is 3.56. The molecule has 4 aliphatic rings. The van der Waals surface area contributed by atoms with Gasteiger partial charge in [0, 0.05) is 37.3 Å². The largest absolute Gasteiger partial charge is 0.327 e. The Kier molecular flexibility index (Phi) is 5.79. The van der Waals surface area contributed by atoms with Gasteiger partial charge in [-0.25, -0.2) is 27.8 Å². The summed E-state index contributed by atoms with van der Waals surface area (Å²) in [4.78, 5) is 29.0. The van der Waals surface area contributed by atoms with Gasteiger partial charge in [0.1, 0.15) is 6.54 Å². The third-order valence-corrected chi connectivity index (χ3v) is 9.37. The minimum Gasteiger partial charge on any atom is -0.319 e. The molecule has 2 aliphatic carbocycles. The quantitative estimate of drug-likeness (QED) is 0.558. The number of imide groups is 1. The molecular weight excluding hydrogens is 420 g/mol. The molecule has 172 valence electrons. The molecule has 0 spiro atoms. The van der Waals surface area contributed by atoms with Gasteiger partial charge in [-0.1, -0.05) is 0 Å². The van der Waals surface area contributed by atoms with Crippen LogP contribution in [0, 0.1) is 17.2 Å². The Bertz CT molecular complexity index is 898. The Balaban J connectivity index is 1.55. The molecule has 5 unspecified atom stereocenters. The number of amides is 3. The first-order chi connectivity index (χ1) is 14.5. The molecule has 0 aromatic heterocycles. The van der Waals surface area contributed by atoms with Gasteiger partial charge in [-0.15, -0.1) is 0 Å². The van der Waals surface area contributed by atoms with E-state index in [9.17, 15) is 23.3 Å². The van der Waals surface area contributed by atoms with Gasteiger partial charge in [-0.3, -0.25) is 10.2 Å². The summed E-state index contributed by atoms with van der Waals surface area (Å²) < 4.78 is 28.7. The number of nitrogens with one attached hydrogen (secondary N) is 2. The molecule has 5 atom stereocenters. The maximum atomic E-state index is 13.1. The molecule has 4 fully saturated rings. The lowest BCUT2D eigenvalue weighted by molar-refractivity contribution is -0.140. The molecule has 2 saturated carbocycles. The molecule has 0 aromatic rings. The molecule has 2 N–H and O–H groups in total. The van der Waals surface area contributed by atoms with Crippen molar-refractivity contribution in [2.45, 2.75) is 81.3 Å². The van der Waals surface area contributed by atoms with Crippen molar-refractivity contribution in [3.05, 3.63) is 0 Å². The van der Waals surface area contributed by atoms with Crippen molar-refractivity contribution in [3.8, 4) is 6.07 Å². The lowest BCUT2D eigenvalue weighted by Gasteiger charge is -2.48. The highest BCUT2D eigenvalue weighted by molar-refractivity contribution is 7.90. The van der Waals surface area contributed by atoms with E-state index in [1.807, 2.05) is 25.0 Å². The van der Waals surface area contributed by atoms with Gasteiger partial charge in [0.05, 0.1) is 17.2 Å². The second kappa shape index (κ2) is 7.99. The smallest absolute Gasteiger partial charge is 0.319 e. The molecule has 2 heterocycles. The first kappa shape index (κ1) is 22.5. The third-order valence-electron chi connectivity index (χ3n) is 7.29. The van der Waals surface area contributed by atoms with Crippen LogP contribution >= 0.6 is 0 Å². The van der Waals surface area contributed by atoms with Gasteiger partial charge in [0.2, 0.25) is 15.9 Å². The maximum absolute atomic E-state index is 13.1. The highest BCUT2D eigenvalue weighted by Crippen LogP contribution is 2.40. The normalized spacial score (nSPS) is 35.7. The maximum Gasteiger partial charge on any atom is 0.327 e. The number of carbonyl (C=O) groups is 2. The van der Waals surface area contributed by atoms with Crippen molar-refractivity contribution in [1.29, 1.82) is 5.26 Å². The van der Waals surface area contributed by atoms with Gasteiger partial charge in [0.15, 0.2) is 0 Å². The number of hydrazine groups is 1. The van der Waals surface area contributed by atoms with E-state index in [2.05, 4.69) is 17.1 Å². The molecule has 2 saturated heterocycles. The van der Waals surface area contributed by atoms with E-state index in [-0.39, 0.29) is 30.6 Å². The Hall–Kier alpha value is -1.74.